The first-order chi connectivity index (χ1) is 13.0. The standard InChI is InChI=1S/C22H21N3O2/c1-13-9-10-19-17(11-13)20(16-7-2-3-8-18(16)25-19)22(27)24-15-6-4-5-14(12-15)21(23)26/h4-6,9-12H,2-3,7-8H2,1H3,(H2,23,26)(H,24,27). The smallest absolute Gasteiger partial charge is 0.256 e. The topological polar surface area (TPSA) is 85.1 Å². The summed E-state index contributed by atoms with van der Waals surface area (Å²) in [5.74, 6) is -0.693. The summed E-state index contributed by atoms with van der Waals surface area (Å²) in [6.45, 7) is 2.01. The van der Waals surface area contributed by atoms with Crippen molar-refractivity contribution in [2.24, 2.45) is 5.73 Å². The average molecular weight is 359 g/mol. The van der Waals surface area contributed by atoms with Crippen LogP contribution in [0.5, 0.6) is 0 Å². The molecule has 0 aliphatic heterocycles. The van der Waals surface area contributed by atoms with Gasteiger partial charge in [-0.3, -0.25) is 14.6 Å². The molecule has 0 fully saturated rings. The van der Waals surface area contributed by atoms with Crippen LogP contribution in [-0.4, -0.2) is 16.8 Å². The Hall–Kier alpha value is -3.21. The molecular formula is C22H21N3O2. The van der Waals surface area contributed by atoms with Gasteiger partial charge in [-0.2, -0.15) is 0 Å². The predicted octanol–water partition coefficient (Wildman–Crippen LogP) is 3.77. The molecule has 0 bridgehead atoms. The monoisotopic (exact) mass is 359 g/mol. The molecule has 5 heteroatoms. The van der Waals surface area contributed by atoms with Gasteiger partial charge in [-0.1, -0.05) is 17.7 Å². The van der Waals surface area contributed by atoms with Crippen LogP contribution < -0.4 is 11.1 Å². The zero-order chi connectivity index (χ0) is 19.0. The van der Waals surface area contributed by atoms with Crippen LogP contribution in [-0.2, 0) is 12.8 Å². The second-order valence-corrected chi connectivity index (χ2v) is 7.04. The summed E-state index contributed by atoms with van der Waals surface area (Å²) in [5, 5.41) is 3.81. The largest absolute Gasteiger partial charge is 0.366 e. The van der Waals surface area contributed by atoms with Gasteiger partial charge in [-0.05, 0) is 68.5 Å². The number of benzene rings is 2. The van der Waals surface area contributed by atoms with Crippen molar-refractivity contribution < 1.29 is 9.59 Å². The van der Waals surface area contributed by atoms with Gasteiger partial charge in [0.15, 0.2) is 0 Å². The molecule has 4 rings (SSSR count). The summed E-state index contributed by atoms with van der Waals surface area (Å²) < 4.78 is 0. The Balaban J connectivity index is 1.82. The fourth-order valence-corrected chi connectivity index (χ4v) is 3.74. The highest BCUT2D eigenvalue weighted by atomic mass is 16.2. The van der Waals surface area contributed by atoms with Gasteiger partial charge in [0, 0.05) is 22.3 Å². The predicted molar refractivity (Wildman–Crippen MR) is 106 cm³/mol. The second kappa shape index (κ2) is 6.83. The molecule has 27 heavy (non-hydrogen) atoms. The zero-order valence-corrected chi connectivity index (χ0v) is 15.2. The Morgan fingerprint density at radius 3 is 2.70 bits per heavy atom. The summed E-state index contributed by atoms with van der Waals surface area (Å²) in [7, 11) is 0. The third-order valence-electron chi connectivity index (χ3n) is 5.05. The lowest BCUT2D eigenvalue weighted by atomic mass is 9.89. The van der Waals surface area contributed by atoms with Gasteiger partial charge in [-0.15, -0.1) is 0 Å². The number of primary amides is 1. The van der Waals surface area contributed by atoms with Crippen LogP contribution in [0.2, 0.25) is 0 Å². The quantitative estimate of drug-likeness (QED) is 0.746. The Labute approximate surface area is 157 Å². The Morgan fingerprint density at radius 2 is 1.89 bits per heavy atom. The maximum atomic E-state index is 13.2. The van der Waals surface area contributed by atoms with E-state index in [1.807, 2.05) is 25.1 Å². The lowest BCUT2D eigenvalue weighted by molar-refractivity contribution is 0.0996. The molecule has 2 amide bonds. The van der Waals surface area contributed by atoms with E-state index < -0.39 is 5.91 Å². The first-order valence-electron chi connectivity index (χ1n) is 9.16. The Bertz CT molecular complexity index is 1070. The Morgan fingerprint density at radius 1 is 1.07 bits per heavy atom. The highest BCUT2D eigenvalue weighted by molar-refractivity contribution is 6.14. The lowest BCUT2D eigenvalue weighted by Crippen LogP contribution is -2.19. The van der Waals surface area contributed by atoms with E-state index in [0.29, 0.717) is 16.8 Å². The number of aryl methyl sites for hydroxylation is 2. The van der Waals surface area contributed by atoms with Gasteiger partial charge in [0.2, 0.25) is 5.91 Å². The minimum absolute atomic E-state index is 0.173. The van der Waals surface area contributed by atoms with Crippen LogP contribution in [0.3, 0.4) is 0 Å². The van der Waals surface area contributed by atoms with Crippen molar-refractivity contribution >= 4 is 28.4 Å². The number of anilines is 1. The van der Waals surface area contributed by atoms with E-state index in [0.717, 1.165) is 53.4 Å². The molecule has 0 radical (unpaired) electrons. The molecule has 0 spiro atoms. The lowest BCUT2D eigenvalue weighted by Gasteiger charge is -2.20. The van der Waals surface area contributed by atoms with Crippen LogP contribution in [0.25, 0.3) is 10.9 Å². The molecule has 0 unspecified atom stereocenters. The molecule has 0 atom stereocenters. The first kappa shape index (κ1) is 17.2. The summed E-state index contributed by atoms with van der Waals surface area (Å²) >= 11 is 0. The number of nitrogens with two attached hydrogens (primary N) is 1. The number of pyridine rings is 1. The number of carbonyl (C=O) groups is 2. The van der Waals surface area contributed by atoms with Gasteiger partial charge < -0.3 is 11.1 Å². The maximum absolute atomic E-state index is 13.2. The van der Waals surface area contributed by atoms with Gasteiger partial charge in [0.05, 0.1) is 11.1 Å². The molecule has 2 aromatic carbocycles. The third-order valence-corrected chi connectivity index (χ3v) is 5.05. The summed E-state index contributed by atoms with van der Waals surface area (Å²) in [4.78, 5) is 29.5. The molecule has 1 aliphatic rings. The van der Waals surface area contributed by atoms with Crippen LogP contribution in [0.1, 0.15) is 50.4 Å². The van der Waals surface area contributed by atoms with E-state index in [1.165, 1.54) is 0 Å². The zero-order valence-electron chi connectivity index (χ0n) is 15.2. The number of nitrogens with zero attached hydrogens (tertiary/aromatic N) is 1. The Kier molecular flexibility index (Phi) is 4.36. The SMILES string of the molecule is Cc1ccc2nc3c(c(C(=O)Nc4cccc(C(N)=O)c4)c2c1)CCCC3. The molecule has 3 N–H and O–H groups in total. The molecule has 136 valence electrons. The molecule has 3 aromatic rings. The van der Waals surface area contributed by atoms with Crippen molar-refractivity contribution in [2.75, 3.05) is 5.32 Å². The minimum atomic E-state index is -0.520. The number of hydrogen-bond donors (Lipinski definition) is 2. The van der Waals surface area contributed by atoms with E-state index >= 15 is 0 Å². The molecule has 5 nitrogen and oxygen atoms in total. The van der Waals surface area contributed by atoms with Crippen LogP contribution in [0.4, 0.5) is 5.69 Å². The second-order valence-electron chi connectivity index (χ2n) is 7.04. The fourth-order valence-electron chi connectivity index (χ4n) is 3.74. The van der Waals surface area contributed by atoms with E-state index in [-0.39, 0.29) is 5.91 Å². The number of nitrogens with one attached hydrogen (secondary N) is 1. The van der Waals surface area contributed by atoms with E-state index in [2.05, 4.69) is 5.32 Å². The number of amides is 2. The number of aromatic nitrogens is 1. The summed E-state index contributed by atoms with van der Waals surface area (Å²) in [5.41, 5.74) is 11.0. The number of fused-ring (bicyclic) bond motifs is 2. The number of hydrogen-bond acceptors (Lipinski definition) is 3. The molecule has 0 saturated heterocycles. The van der Waals surface area contributed by atoms with E-state index in [9.17, 15) is 9.59 Å². The van der Waals surface area contributed by atoms with Crippen molar-refractivity contribution in [2.45, 2.75) is 32.6 Å². The summed E-state index contributed by atoms with van der Waals surface area (Å²) in [6, 6.07) is 12.7. The number of carbonyl (C=O) groups excluding carboxylic acids is 2. The van der Waals surface area contributed by atoms with Gasteiger partial charge >= 0.3 is 0 Å². The minimum Gasteiger partial charge on any atom is -0.366 e. The van der Waals surface area contributed by atoms with E-state index in [4.69, 9.17) is 10.7 Å². The highest BCUT2D eigenvalue weighted by Crippen LogP contribution is 2.30. The van der Waals surface area contributed by atoms with Gasteiger partial charge in [0.1, 0.15) is 0 Å². The van der Waals surface area contributed by atoms with Crippen molar-refractivity contribution in [1.29, 1.82) is 0 Å². The fraction of sp³-hybridized carbons (Fsp3) is 0.227. The van der Waals surface area contributed by atoms with E-state index in [1.54, 1.807) is 24.3 Å². The van der Waals surface area contributed by atoms with Crippen LogP contribution in [0.15, 0.2) is 42.5 Å². The normalized spacial score (nSPS) is 13.2. The van der Waals surface area contributed by atoms with Crippen molar-refractivity contribution in [1.82, 2.24) is 4.98 Å². The maximum Gasteiger partial charge on any atom is 0.256 e. The molecule has 1 aliphatic carbocycles. The number of rotatable bonds is 3. The molecule has 1 aromatic heterocycles. The van der Waals surface area contributed by atoms with Crippen LogP contribution >= 0.6 is 0 Å². The van der Waals surface area contributed by atoms with Crippen molar-refractivity contribution in [3.8, 4) is 0 Å². The molecule has 0 saturated carbocycles. The third kappa shape index (κ3) is 3.28. The first-order valence-corrected chi connectivity index (χ1v) is 9.16. The van der Waals surface area contributed by atoms with Gasteiger partial charge in [-0.25, -0.2) is 0 Å². The van der Waals surface area contributed by atoms with Crippen molar-refractivity contribution in [3.05, 3.63) is 70.4 Å². The average Bonchev–Trinajstić information content (AvgIpc) is 2.66. The molecular weight excluding hydrogens is 338 g/mol. The highest BCUT2D eigenvalue weighted by Gasteiger charge is 2.23. The van der Waals surface area contributed by atoms with Gasteiger partial charge in [0.25, 0.3) is 5.91 Å². The summed E-state index contributed by atoms with van der Waals surface area (Å²) in [6.07, 6.45) is 3.91. The van der Waals surface area contributed by atoms with Crippen LogP contribution in [0, 0.1) is 6.92 Å². The molecule has 1 heterocycles. The van der Waals surface area contributed by atoms with Crippen molar-refractivity contribution in [3.63, 3.8) is 0 Å².